The Morgan fingerprint density at radius 2 is 1.90 bits per heavy atom. The molecular formula is C19H15F3N2O6. The van der Waals surface area contributed by atoms with E-state index in [0.717, 1.165) is 4.68 Å². The molecule has 0 fully saturated rings. The quantitative estimate of drug-likeness (QED) is 0.513. The van der Waals surface area contributed by atoms with Crippen molar-refractivity contribution in [3.05, 3.63) is 64.4 Å². The van der Waals surface area contributed by atoms with Gasteiger partial charge >= 0.3 is 18.3 Å². The van der Waals surface area contributed by atoms with Gasteiger partial charge < -0.3 is 18.6 Å². The van der Waals surface area contributed by atoms with E-state index in [0.29, 0.717) is 11.1 Å². The van der Waals surface area contributed by atoms with E-state index in [-0.39, 0.29) is 24.0 Å². The fraction of sp³-hybridized carbons (Fsp3) is 0.211. The number of hydrogen-bond acceptors (Lipinski definition) is 7. The van der Waals surface area contributed by atoms with Gasteiger partial charge in [0, 0.05) is 5.56 Å². The molecule has 0 radical (unpaired) electrons. The molecule has 0 saturated carbocycles. The van der Waals surface area contributed by atoms with E-state index in [1.54, 1.807) is 0 Å². The van der Waals surface area contributed by atoms with Crippen molar-refractivity contribution in [2.45, 2.75) is 19.8 Å². The summed E-state index contributed by atoms with van der Waals surface area (Å²) in [5, 5.41) is 3.88. The first-order valence-electron chi connectivity index (χ1n) is 8.47. The third kappa shape index (κ3) is 5.19. The molecule has 1 aromatic heterocycles. The number of alkyl halides is 2. The highest BCUT2D eigenvalue weighted by molar-refractivity contribution is 5.69. The molecule has 0 amide bonds. The van der Waals surface area contributed by atoms with Crippen LogP contribution in [0.15, 0.2) is 51.7 Å². The van der Waals surface area contributed by atoms with Crippen molar-refractivity contribution >= 4 is 5.97 Å². The number of ether oxygens (including phenoxy) is 3. The molecule has 8 nitrogen and oxygen atoms in total. The van der Waals surface area contributed by atoms with E-state index in [2.05, 4.69) is 9.84 Å². The Bertz CT molecular complexity index is 1080. The molecule has 0 atom stereocenters. The van der Waals surface area contributed by atoms with E-state index in [1.807, 2.05) is 0 Å². The van der Waals surface area contributed by atoms with Crippen molar-refractivity contribution in [1.29, 1.82) is 0 Å². The van der Waals surface area contributed by atoms with Crippen LogP contribution in [0.25, 0.3) is 11.5 Å². The standard InChI is InChI=1S/C19H15F3N2O6/c1-27-15-8-11(2-7-14(15)29-18(21)22)10-28-16(25)9-24-19(26)30-17(23-24)12-3-5-13(20)6-4-12/h2-8,18H,9-10H2,1H3. The summed E-state index contributed by atoms with van der Waals surface area (Å²) in [6.07, 6.45) is 0. The summed E-state index contributed by atoms with van der Waals surface area (Å²) < 4.78 is 57.7. The smallest absolute Gasteiger partial charge is 0.437 e. The Kier molecular flexibility index (Phi) is 6.40. The van der Waals surface area contributed by atoms with Crippen molar-refractivity contribution < 1.29 is 36.6 Å². The van der Waals surface area contributed by atoms with Gasteiger partial charge in [0.05, 0.1) is 7.11 Å². The summed E-state index contributed by atoms with van der Waals surface area (Å²) >= 11 is 0. The number of benzene rings is 2. The predicted molar refractivity (Wildman–Crippen MR) is 95.6 cm³/mol. The fourth-order valence-corrected chi connectivity index (χ4v) is 2.44. The van der Waals surface area contributed by atoms with Gasteiger partial charge in [-0.25, -0.2) is 9.18 Å². The Labute approximate surface area is 167 Å². The van der Waals surface area contributed by atoms with Gasteiger partial charge in [-0.1, -0.05) is 6.07 Å². The molecule has 0 saturated heterocycles. The summed E-state index contributed by atoms with van der Waals surface area (Å²) in [6.45, 7) is -3.74. The van der Waals surface area contributed by atoms with Crippen LogP contribution in [0.4, 0.5) is 13.2 Å². The topological polar surface area (TPSA) is 92.8 Å². The summed E-state index contributed by atoms with van der Waals surface area (Å²) in [5.41, 5.74) is 0.806. The lowest BCUT2D eigenvalue weighted by molar-refractivity contribution is -0.146. The average Bonchev–Trinajstić information content (AvgIpc) is 3.07. The molecule has 0 bridgehead atoms. The van der Waals surface area contributed by atoms with E-state index in [4.69, 9.17) is 13.9 Å². The van der Waals surface area contributed by atoms with Gasteiger partial charge in [0.2, 0.25) is 5.89 Å². The minimum absolute atomic E-state index is 0.0421. The fourth-order valence-electron chi connectivity index (χ4n) is 2.44. The van der Waals surface area contributed by atoms with Crippen molar-refractivity contribution in [3.63, 3.8) is 0 Å². The Hall–Kier alpha value is -3.76. The number of nitrogens with zero attached hydrogens (tertiary/aromatic N) is 2. The first kappa shape index (κ1) is 21.0. The van der Waals surface area contributed by atoms with Crippen LogP contribution >= 0.6 is 0 Å². The maximum Gasteiger partial charge on any atom is 0.437 e. The van der Waals surface area contributed by atoms with Gasteiger partial charge in [0.15, 0.2) is 11.5 Å². The Morgan fingerprint density at radius 1 is 1.17 bits per heavy atom. The highest BCUT2D eigenvalue weighted by atomic mass is 19.3. The largest absolute Gasteiger partial charge is 0.493 e. The number of carbonyl (C=O) groups is 1. The lowest BCUT2D eigenvalue weighted by Gasteiger charge is -2.11. The second-order valence-corrected chi connectivity index (χ2v) is 5.86. The highest BCUT2D eigenvalue weighted by Crippen LogP contribution is 2.29. The summed E-state index contributed by atoms with van der Waals surface area (Å²) in [7, 11) is 1.28. The van der Waals surface area contributed by atoms with Gasteiger partial charge in [-0.2, -0.15) is 13.5 Å². The van der Waals surface area contributed by atoms with Crippen molar-refractivity contribution in [2.24, 2.45) is 0 Å². The minimum atomic E-state index is -3.01. The molecule has 11 heteroatoms. The molecule has 1 heterocycles. The van der Waals surface area contributed by atoms with E-state index in [9.17, 15) is 22.8 Å². The Balaban J connectivity index is 1.62. The molecule has 3 aromatic rings. The van der Waals surface area contributed by atoms with Crippen molar-refractivity contribution in [1.82, 2.24) is 9.78 Å². The average molecular weight is 424 g/mol. The van der Waals surface area contributed by atoms with Crippen LogP contribution in [0.3, 0.4) is 0 Å². The number of methoxy groups -OCH3 is 1. The molecule has 3 rings (SSSR count). The van der Waals surface area contributed by atoms with Crippen LogP contribution in [-0.2, 0) is 22.7 Å². The van der Waals surface area contributed by atoms with Gasteiger partial charge in [-0.3, -0.25) is 4.79 Å². The van der Waals surface area contributed by atoms with Gasteiger partial charge in [-0.05, 0) is 42.0 Å². The number of hydrogen-bond donors (Lipinski definition) is 0. The number of esters is 1. The predicted octanol–water partition coefficient (Wildman–Crippen LogP) is 3.00. The number of aromatic nitrogens is 2. The molecule has 0 aliphatic carbocycles. The van der Waals surface area contributed by atoms with E-state index in [1.165, 1.54) is 49.6 Å². The molecule has 30 heavy (non-hydrogen) atoms. The highest BCUT2D eigenvalue weighted by Gasteiger charge is 2.15. The molecular weight excluding hydrogens is 409 g/mol. The molecule has 0 unspecified atom stereocenters. The number of rotatable bonds is 8. The molecule has 0 spiro atoms. The maximum atomic E-state index is 13.0. The lowest BCUT2D eigenvalue weighted by atomic mass is 10.2. The van der Waals surface area contributed by atoms with Crippen LogP contribution in [0.1, 0.15) is 5.56 Å². The maximum absolute atomic E-state index is 13.0. The summed E-state index contributed by atoms with van der Waals surface area (Å²) in [6, 6.07) is 9.15. The van der Waals surface area contributed by atoms with Crippen LogP contribution in [-0.4, -0.2) is 29.5 Å². The third-order valence-corrected chi connectivity index (χ3v) is 3.82. The molecule has 158 valence electrons. The first-order valence-corrected chi connectivity index (χ1v) is 8.47. The second kappa shape index (κ2) is 9.16. The Morgan fingerprint density at radius 3 is 2.57 bits per heavy atom. The third-order valence-electron chi connectivity index (χ3n) is 3.82. The lowest BCUT2D eigenvalue weighted by Crippen LogP contribution is -2.22. The molecule has 2 aromatic carbocycles. The normalized spacial score (nSPS) is 10.8. The van der Waals surface area contributed by atoms with Crippen LogP contribution < -0.4 is 15.2 Å². The molecule has 0 aliphatic rings. The number of halogens is 3. The van der Waals surface area contributed by atoms with Gasteiger partial charge in [0.25, 0.3) is 0 Å². The number of carbonyl (C=O) groups excluding carboxylic acids is 1. The molecule has 0 aliphatic heterocycles. The summed E-state index contributed by atoms with van der Waals surface area (Å²) in [4.78, 5) is 23.9. The van der Waals surface area contributed by atoms with E-state index < -0.39 is 30.7 Å². The monoisotopic (exact) mass is 424 g/mol. The SMILES string of the molecule is COc1cc(COC(=O)Cn2nc(-c3ccc(F)cc3)oc2=O)ccc1OC(F)F. The van der Waals surface area contributed by atoms with Gasteiger partial charge in [-0.15, -0.1) is 5.10 Å². The van der Waals surface area contributed by atoms with Crippen LogP contribution in [0.2, 0.25) is 0 Å². The van der Waals surface area contributed by atoms with Crippen LogP contribution in [0, 0.1) is 5.82 Å². The zero-order chi connectivity index (χ0) is 21.7. The second-order valence-electron chi connectivity index (χ2n) is 5.86. The van der Waals surface area contributed by atoms with Crippen molar-refractivity contribution in [2.75, 3.05) is 7.11 Å². The zero-order valence-corrected chi connectivity index (χ0v) is 15.5. The zero-order valence-electron chi connectivity index (χ0n) is 15.5. The van der Waals surface area contributed by atoms with Crippen molar-refractivity contribution in [3.8, 4) is 23.0 Å². The molecule has 0 N–H and O–H groups in total. The minimum Gasteiger partial charge on any atom is -0.493 e. The van der Waals surface area contributed by atoms with Crippen LogP contribution in [0.5, 0.6) is 11.5 Å². The van der Waals surface area contributed by atoms with E-state index >= 15 is 0 Å². The van der Waals surface area contributed by atoms with Gasteiger partial charge in [0.1, 0.15) is 19.0 Å². The summed E-state index contributed by atoms with van der Waals surface area (Å²) in [5.74, 6) is -2.34. The first-order chi connectivity index (χ1) is 14.4.